The summed E-state index contributed by atoms with van der Waals surface area (Å²) >= 11 is 0. The van der Waals surface area contributed by atoms with Crippen molar-refractivity contribution >= 4 is 0 Å². The van der Waals surface area contributed by atoms with Crippen molar-refractivity contribution in [3.8, 4) is 0 Å². The summed E-state index contributed by atoms with van der Waals surface area (Å²) in [6.45, 7) is 8.66. The summed E-state index contributed by atoms with van der Waals surface area (Å²) in [5, 5.41) is 10.5. The molecule has 2 nitrogen and oxygen atoms in total. The van der Waals surface area contributed by atoms with Gasteiger partial charge < -0.3 is 10.8 Å². The summed E-state index contributed by atoms with van der Waals surface area (Å²) in [5.74, 6) is 0. The van der Waals surface area contributed by atoms with E-state index in [-0.39, 0.29) is 5.41 Å². The Morgan fingerprint density at radius 3 is 1.94 bits per heavy atom. The van der Waals surface area contributed by atoms with Gasteiger partial charge in [-0.25, -0.2) is 0 Å². The van der Waals surface area contributed by atoms with Gasteiger partial charge in [-0.3, -0.25) is 0 Å². The fraction of sp³-hybridized carbons (Fsp3) is 0.571. The summed E-state index contributed by atoms with van der Waals surface area (Å²) < 4.78 is 0. The summed E-state index contributed by atoms with van der Waals surface area (Å²) in [4.78, 5) is 0. The van der Waals surface area contributed by atoms with Gasteiger partial charge in [-0.05, 0) is 36.4 Å². The molecule has 1 rings (SSSR count). The maximum Gasteiger partial charge on any atom is 0.0916 e. The number of rotatable bonds is 3. The van der Waals surface area contributed by atoms with E-state index < -0.39 is 5.60 Å². The van der Waals surface area contributed by atoms with Crippen LogP contribution in [0, 0.1) is 5.41 Å². The number of aliphatic hydroxyl groups is 1. The van der Waals surface area contributed by atoms with Crippen molar-refractivity contribution in [1.82, 2.24) is 0 Å². The zero-order chi connectivity index (χ0) is 12.4. The first-order chi connectivity index (χ1) is 7.29. The fourth-order valence-electron chi connectivity index (χ4n) is 1.60. The Morgan fingerprint density at radius 1 is 1.06 bits per heavy atom. The van der Waals surface area contributed by atoms with E-state index in [2.05, 4.69) is 0 Å². The Kier molecular flexibility index (Phi) is 3.76. The van der Waals surface area contributed by atoms with E-state index in [1.165, 1.54) is 5.56 Å². The van der Waals surface area contributed by atoms with Gasteiger partial charge in [0.25, 0.3) is 0 Å². The summed E-state index contributed by atoms with van der Waals surface area (Å²) in [6.07, 6.45) is 0.887. The van der Waals surface area contributed by atoms with E-state index in [9.17, 15) is 5.11 Å². The van der Waals surface area contributed by atoms with Gasteiger partial charge in [0, 0.05) is 0 Å². The van der Waals surface area contributed by atoms with E-state index >= 15 is 0 Å². The highest BCUT2D eigenvalue weighted by atomic mass is 16.3. The molecule has 0 aromatic heterocycles. The van der Waals surface area contributed by atoms with Crippen LogP contribution in [-0.2, 0) is 12.0 Å². The molecule has 0 spiro atoms. The number of nitrogens with two attached hydrogens (primary N) is 1. The van der Waals surface area contributed by atoms with Crippen LogP contribution in [0.4, 0.5) is 0 Å². The lowest BCUT2D eigenvalue weighted by Gasteiger charge is -2.37. The molecule has 1 unspecified atom stereocenters. The standard InChI is InChI=1S/C14H23NO/c1-13(2,3)14(4,16)12-7-5-11(6-8-12)9-10-15/h5-8,16H,9-10,15H2,1-4H3. The van der Waals surface area contributed by atoms with Crippen LogP contribution in [-0.4, -0.2) is 11.7 Å². The van der Waals surface area contributed by atoms with Gasteiger partial charge in [-0.1, -0.05) is 45.0 Å². The van der Waals surface area contributed by atoms with Crippen molar-refractivity contribution in [1.29, 1.82) is 0 Å². The van der Waals surface area contributed by atoms with Gasteiger partial charge >= 0.3 is 0 Å². The summed E-state index contributed by atoms with van der Waals surface area (Å²) in [6, 6.07) is 8.08. The third kappa shape index (κ3) is 2.63. The largest absolute Gasteiger partial charge is 0.385 e. The second-order valence-corrected chi connectivity index (χ2v) is 5.56. The predicted molar refractivity (Wildman–Crippen MR) is 68.2 cm³/mol. The van der Waals surface area contributed by atoms with Crippen molar-refractivity contribution in [3.63, 3.8) is 0 Å². The van der Waals surface area contributed by atoms with Gasteiger partial charge in [0.2, 0.25) is 0 Å². The van der Waals surface area contributed by atoms with Crippen LogP contribution in [0.5, 0.6) is 0 Å². The molecular weight excluding hydrogens is 198 g/mol. The van der Waals surface area contributed by atoms with Crippen LogP contribution in [0.1, 0.15) is 38.8 Å². The second kappa shape index (κ2) is 4.56. The molecule has 0 amide bonds. The zero-order valence-corrected chi connectivity index (χ0v) is 10.7. The van der Waals surface area contributed by atoms with Crippen LogP contribution < -0.4 is 5.73 Å². The monoisotopic (exact) mass is 221 g/mol. The first-order valence-electron chi connectivity index (χ1n) is 5.81. The minimum Gasteiger partial charge on any atom is -0.385 e. The van der Waals surface area contributed by atoms with Gasteiger partial charge in [-0.15, -0.1) is 0 Å². The highest BCUT2D eigenvalue weighted by molar-refractivity contribution is 5.28. The zero-order valence-electron chi connectivity index (χ0n) is 10.7. The molecule has 0 heterocycles. The molecule has 3 N–H and O–H groups in total. The van der Waals surface area contributed by atoms with Crippen molar-refractivity contribution in [2.75, 3.05) is 6.54 Å². The maximum absolute atomic E-state index is 10.5. The number of hydrogen-bond donors (Lipinski definition) is 2. The molecular formula is C14H23NO. The van der Waals surface area contributed by atoms with Gasteiger partial charge in [-0.2, -0.15) is 0 Å². The van der Waals surface area contributed by atoms with Gasteiger partial charge in [0.15, 0.2) is 0 Å². The second-order valence-electron chi connectivity index (χ2n) is 5.56. The van der Waals surface area contributed by atoms with Crippen molar-refractivity contribution < 1.29 is 5.11 Å². The number of hydrogen-bond acceptors (Lipinski definition) is 2. The van der Waals surface area contributed by atoms with Gasteiger partial charge in [0.1, 0.15) is 0 Å². The van der Waals surface area contributed by atoms with E-state index in [1.54, 1.807) is 0 Å². The van der Waals surface area contributed by atoms with Crippen molar-refractivity contribution in [2.45, 2.75) is 39.7 Å². The normalized spacial score (nSPS) is 15.9. The molecule has 0 aliphatic heterocycles. The third-order valence-electron chi connectivity index (χ3n) is 3.41. The molecule has 0 radical (unpaired) electrons. The van der Waals surface area contributed by atoms with Crippen LogP contribution in [0.2, 0.25) is 0 Å². The molecule has 90 valence electrons. The first-order valence-corrected chi connectivity index (χ1v) is 5.81. The fourth-order valence-corrected chi connectivity index (χ4v) is 1.60. The molecule has 1 aromatic carbocycles. The Balaban J connectivity index is 2.97. The van der Waals surface area contributed by atoms with E-state index in [0.29, 0.717) is 6.54 Å². The maximum atomic E-state index is 10.5. The molecule has 0 bridgehead atoms. The Morgan fingerprint density at radius 2 is 1.56 bits per heavy atom. The predicted octanol–water partition coefficient (Wildman–Crippen LogP) is 2.44. The highest BCUT2D eigenvalue weighted by Gasteiger charge is 2.36. The number of benzene rings is 1. The molecule has 0 aliphatic rings. The van der Waals surface area contributed by atoms with E-state index in [4.69, 9.17) is 5.73 Å². The minimum absolute atomic E-state index is 0.178. The minimum atomic E-state index is -0.811. The first kappa shape index (κ1) is 13.2. The van der Waals surface area contributed by atoms with Crippen molar-refractivity contribution in [3.05, 3.63) is 35.4 Å². The molecule has 0 fully saturated rings. The lowest BCUT2D eigenvalue weighted by Crippen LogP contribution is -2.36. The Labute approximate surface area is 98.5 Å². The van der Waals surface area contributed by atoms with Crippen LogP contribution in [0.15, 0.2) is 24.3 Å². The Hall–Kier alpha value is -0.860. The smallest absolute Gasteiger partial charge is 0.0916 e. The quantitative estimate of drug-likeness (QED) is 0.823. The third-order valence-corrected chi connectivity index (χ3v) is 3.41. The molecule has 16 heavy (non-hydrogen) atoms. The Bertz CT molecular complexity index is 333. The van der Waals surface area contributed by atoms with Crippen LogP contribution >= 0.6 is 0 Å². The molecule has 1 aromatic rings. The lowest BCUT2D eigenvalue weighted by atomic mass is 9.73. The average Bonchev–Trinajstić information content (AvgIpc) is 2.17. The van der Waals surface area contributed by atoms with E-state index in [1.807, 2.05) is 52.0 Å². The SMILES string of the molecule is CC(C)(C)C(C)(O)c1ccc(CCN)cc1. The molecule has 0 aliphatic carbocycles. The lowest BCUT2D eigenvalue weighted by molar-refractivity contribution is -0.0470. The summed E-state index contributed by atoms with van der Waals surface area (Å²) in [5.41, 5.74) is 6.69. The van der Waals surface area contributed by atoms with Gasteiger partial charge in [0.05, 0.1) is 5.60 Å². The topological polar surface area (TPSA) is 46.2 Å². The summed E-state index contributed by atoms with van der Waals surface area (Å²) in [7, 11) is 0. The molecule has 0 saturated carbocycles. The molecule has 0 saturated heterocycles. The molecule has 2 heteroatoms. The van der Waals surface area contributed by atoms with Crippen molar-refractivity contribution in [2.24, 2.45) is 11.1 Å². The van der Waals surface area contributed by atoms with Crippen LogP contribution in [0.25, 0.3) is 0 Å². The van der Waals surface area contributed by atoms with E-state index in [0.717, 1.165) is 12.0 Å². The molecule has 1 atom stereocenters. The highest BCUT2D eigenvalue weighted by Crippen LogP contribution is 2.38. The average molecular weight is 221 g/mol. The van der Waals surface area contributed by atoms with Crippen LogP contribution in [0.3, 0.4) is 0 Å².